The van der Waals surface area contributed by atoms with Gasteiger partial charge < -0.3 is 9.80 Å². The van der Waals surface area contributed by atoms with E-state index in [0.717, 1.165) is 56.9 Å². The Morgan fingerprint density at radius 1 is 1.19 bits per heavy atom. The van der Waals surface area contributed by atoms with E-state index in [1.54, 1.807) is 0 Å². The first-order valence-electron chi connectivity index (χ1n) is 9.79. The highest BCUT2D eigenvalue weighted by Crippen LogP contribution is 2.39. The van der Waals surface area contributed by atoms with Gasteiger partial charge in [0.25, 0.3) is 0 Å². The third kappa shape index (κ3) is 4.81. The van der Waals surface area contributed by atoms with E-state index in [2.05, 4.69) is 29.2 Å². The van der Waals surface area contributed by atoms with Crippen LogP contribution in [-0.4, -0.2) is 53.5 Å². The number of hydrogen-bond donors (Lipinski definition) is 0. The van der Waals surface area contributed by atoms with E-state index in [-0.39, 0.29) is 17.2 Å². The first kappa shape index (κ1) is 19.3. The van der Waals surface area contributed by atoms with Crippen LogP contribution in [0.4, 0.5) is 0 Å². The Balaban J connectivity index is 1.46. The Kier molecular flexibility index (Phi) is 6.63. The van der Waals surface area contributed by atoms with Gasteiger partial charge in [0, 0.05) is 55.9 Å². The average Bonchev–Trinajstić information content (AvgIpc) is 2.68. The lowest BCUT2D eigenvalue weighted by atomic mass is 9.73. The molecule has 1 atom stereocenters. The van der Waals surface area contributed by atoms with Gasteiger partial charge in [0.05, 0.1) is 0 Å². The predicted octanol–water partition coefficient (Wildman–Crippen LogP) is 3.56. The highest BCUT2D eigenvalue weighted by Gasteiger charge is 2.42. The van der Waals surface area contributed by atoms with Gasteiger partial charge in [0.2, 0.25) is 11.8 Å². The molecule has 1 aromatic rings. The van der Waals surface area contributed by atoms with Crippen LogP contribution in [0.5, 0.6) is 0 Å². The second-order valence-corrected chi connectivity index (χ2v) is 8.72. The Bertz CT molecular complexity index is 622. The summed E-state index contributed by atoms with van der Waals surface area (Å²) in [6, 6.07) is 10.4. The van der Waals surface area contributed by atoms with Crippen LogP contribution in [0.25, 0.3) is 0 Å². The molecule has 26 heavy (non-hydrogen) atoms. The second kappa shape index (κ2) is 8.94. The molecule has 0 bridgehead atoms. The Morgan fingerprint density at radius 3 is 2.77 bits per heavy atom. The molecule has 0 unspecified atom stereocenters. The molecule has 2 heterocycles. The molecule has 2 saturated heterocycles. The summed E-state index contributed by atoms with van der Waals surface area (Å²) in [5, 5.41) is 0. The van der Waals surface area contributed by atoms with Crippen molar-refractivity contribution < 1.29 is 9.59 Å². The maximum absolute atomic E-state index is 12.7. The van der Waals surface area contributed by atoms with Crippen LogP contribution in [-0.2, 0) is 15.3 Å². The van der Waals surface area contributed by atoms with Crippen molar-refractivity contribution in [3.63, 3.8) is 0 Å². The summed E-state index contributed by atoms with van der Waals surface area (Å²) in [4.78, 5) is 28.7. The molecule has 2 amide bonds. The zero-order valence-corrected chi connectivity index (χ0v) is 16.6. The quantitative estimate of drug-likeness (QED) is 0.715. The summed E-state index contributed by atoms with van der Waals surface area (Å²) in [6.07, 6.45) is 4.40. The molecule has 2 aliphatic heterocycles. The van der Waals surface area contributed by atoms with Crippen LogP contribution < -0.4 is 0 Å². The minimum absolute atomic E-state index is 0.134. The lowest BCUT2D eigenvalue weighted by molar-refractivity contribution is -0.142. The van der Waals surface area contributed by atoms with Crippen LogP contribution in [0.1, 0.15) is 44.6 Å². The smallest absolute Gasteiger partial charge is 0.223 e. The summed E-state index contributed by atoms with van der Waals surface area (Å²) in [5.41, 5.74) is 1.45. The van der Waals surface area contributed by atoms with Gasteiger partial charge in [0.15, 0.2) is 0 Å². The van der Waals surface area contributed by atoms with E-state index in [9.17, 15) is 9.59 Å². The van der Waals surface area contributed by atoms with Gasteiger partial charge in [0.1, 0.15) is 0 Å². The second-order valence-electron chi connectivity index (χ2n) is 7.61. The molecular weight excluding hydrogens is 344 g/mol. The van der Waals surface area contributed by atoms with Gasteiger partial charge in [-0.05, 0) is 31.7 Å². The van der Waals surface area contributed by atoms with Crippen molar-refractivity contribution in [2.45, 2.75) is 44.8 Å². The molecule has 0 saturated carbocycles. The number of likely N-dealkylation sites (tertiary alicyclic amines) is 2. The monoisotopic (exact) mass is 374 g/mol. The largest absolute Gasteiger partial charge is 0.342 e. The molecule has 2 fully saturated rings. The molecule has 142 valence electrons. The van der Waals surface area contributed by atoms with Gasteiger partial charge in [-0.25, -0.2) is 0 Å². The number of benzene rings is 1. The molecule has 1 aromatic carbocycles. The van der Waals surface area contributed by atoms with E-state index in [1.165, 1.54) is 5.56 Å². The zero-order chi connectivity index (χ0) is 18.4. The van der Waals surface area contributed by atoms with E-state index in [4.69, 9.17) is 0 Å². The van der Waals surface area contributed by atoms with Gasteiger partial charge in [-0.3, -0.25) is 9.59 Å². The standard InChI is InChI=1S/C21H30N2O2S/c1-2-22-16-21(12-9-19(22)24)11-6-13-23(17-21)20(25)10-14-26-15-18-7-4-3-5-8-18/h3-5,7-8H,2,6,9-17H2,1H3/t21-/m1/s1. The van der Waals surface area contributed by atoms with Crippen LogP contribution >= 0.6 is 11.8 Å². The van der Waals surface area contributed by atoms with Crippen molar-refractivity contribution in [3.05, 3.63) is 35.9 Å². The minimum Gasteiger partial charge on any atom is -0.342 e. The number of rotatable bonds is 6. The van der Waals surface area contributed by atoms with Gasteiger partial charge in [-0.1, -0.05) is 30.3 Å². The number of thioether (sulfide) groups is 1. The molecule has 0 radical (unpaired) electrons. The molecule has 0 N–H and O–H groups in total. The first-order chi connectivity index (χ1) is 12.6. The number of carbonyl (C=O) groups is 2. The van der Waals surface area contributed by atoms with E-state index < -0.39 is 0 Å². The topological polar surface area (TPSA) is 40.6 Å². The molecule has 0 aliphatic carbocycles. The molecule has 4 nitrogen and oxygen atoms in total. The normalized spacial score (nSPS) is 23.5. The molecule has 5 heteroatoms. The Hall–Kier alpha value is -1.49. The summed E-state index contributed by atoms with van der Waals surface area (Å²) in [7, 11) is 0. The Labute approximate surface area is 161 Å². The Morgan fingerprint density at radius 2 is 2.00 bits per heavy atom. The number of hydrogen-bond acceptors (Lipinski definition) is 3. The predicted molar refractivity (Wildman–Crippen MR) is 107 cm³/mol. The van der Waals surface area contributed by atoms with Crippen LogP contribution in [0.15, 0.2) is 30.3 Å². The highest BCUT2D eigenvalue weighted by molar-refractivity contribution is 7.98. The van der Waals surface area contributed by atoms with Crippen molar-refractivity contribution in [2.24, 2.45) is 5.41 Å². The third-order valence-electron chi connectivity index (χ3n) is 5.72. The SMILES string of the molecule is CCN1C[C@@]2(CCCN(C(=O)CCSCc3ccccc3)C2)CCC1=O. The van der Waals surface area contributed by atoms with Crippen molar-refractivity contribution in [1.82, 2.24) is 9.80 Å². The number of piperidine rings is 2. The van der Waals surface area contributed by atoms with E-state index in [1.807, 2.05) is 29.7 Å². The maximum atomic E-state index is 12.7. The summed E-state index contributed by atoms with van der Waals surface area (Å²) in [5.74, 6) is 2.39. The number of carbonyl (C=O) groups excluding carboxylic acids is 2. The molecule has 0 aromatic heterocycles. The van der Waals surface area contributed by atoms with Crippen molar-refractivity contribution in [1.29, 1.82) is 0 Å². The third-order valence-corrected chi connectivity index (χ3v) is 6.75. The van der Waals surface area contributed by atoms with Gasteiger partial charge in [-0.2, -0.15) is 11.8 Å². The molecule has 2 aliphatic rings. The van der Waals surface area contributed by atoms with E-state index >= 15 is 0 Å². The summed E-state index contributed by atoms with van der Waals surface area (Å²) in [6.45, 7) is 5.37. The van der Waals surface area contributed by atoms with Crippen LogP contribution in [0.2, 0.25) is 0 Å². The lowest BCUT2D eigenvalue weighted by Crippen LogP contribution is -2.55. The summed E-state index contributed by atoms with van der Waals surface area (Å²) >= 11 is 1.83. The minimum atomic E-state index is 0.134. The zero-order valence-electron chi connectivity index (χ0n) is 15.8. The number of nitrogens with zero attached hydrogens (tertiary/aromatic N) is 2. The number of amides is 2. The molecule has 3 rings (SSSR count). The fourth-order valence-corrected chi connectivity index (χ4v) is 5.12. The average molecular weight is 375 g/mol. The maximum Gasteiger partial charge on any atom is 0.223 e. The van der Waals surface area contributed by atoms with Crippen molar-refractivity contribution in [2.75, 3.05) is 31.9 Å². The van der Waals surface area contributed by atoms with Crippen LogP contribution in [0, 0.1) is 5.41 Å². The van der Waals surface area contributed by atoms with Crippen LogP contribution in [0.3, 0.4) is 0 Å². The summed E-state index contributed by atoms with van der Waals surface area (Å²) < 4.78 is 0. The highest BCUT2D eigenvalue weighted by atomic mass is 32.2. The molecular formula is C21H30N2O2S. The van der Waals surface area contributed by atoms with E-state index in [0.29, 0.717) is 12.8 Å². The lowest BCUT2D eigenvalue weighted by Gasteiger charge is -2.48. The first-order valence-corrected chi connectivity index (χ1v) is 10.9. The fraction of sp³-hybridized carbons (Fsp3) is 0.619. The molecule has 1 spiro atoms. The van der Waals surface area contributed by atoms with Gasteiger partial charge in [-0.15, -0.1) is 0 Å². The van der Waals surface area contributed by atoms with Gasteiger partial charge >= 0.3 is 0 Å². The fourth-order valence-electron chi connectivity index (χ4n) is 4.23. The van der Waals surface area contributed by atoms with Crippen molar-refractivity contribution >= 4 is 23.6 Å². The van der Waals surface area contributed by atoms with Crippen molar-refractivity contribution in [3.8, 4) is 0 Å².